The molecular weight excluding hydrogens is 345 g/mol. The van der Waals surface area contributed by atoms with E-state index in [1.165, 1.54) is 12.1 Å². The maximum atomic E-state index is 13.0. The average molecular weight is 363 g/mol. The molecule has 0 saturated carbocycles. The predicted molar refractivity (Wildman–Crippen MR) is 83.8 cm³/mol. The van der Waals surface area contributed by atoms with Crippen LogP contribution >= 0.6 is 11.6 Å². The minimum Gasteiger partial charge on any atom is -0.349 e. The van der Waals surface area contributed by atoms with Crippen molar-refractivity contribution in [1.82, 2.24) is 10.2 Å². The molecule has 2 amide bonds. The lowest BCUT2D eigenvalue weighted by molar-refractivity contribution is -0.138. The molecule has 4 nitrogen and oxygen atoms in total. The van der Waals surface area contributed by atoms with E-state index in [9.17, 15) is 22.8 Å². The second-order valence-corrected chi connectivity index (χ2v) is 5.99. The summed E-state index contributed by atoms with van der Waals surface area (Å²) in [5, 5.41) is 2.64. The van der Waals surface area contributed by atoms with E-state index in [0.717, 1.165) is 12.1 Å². The fourth-order valence-corrected chi connectivity index (χ4v) is 2.87. The van der Waals surface area contributed by atoms with Crippen molar-refractivity contribution in [3.05, 3.63) is 35.4 Å². The van der Waals surface area contributed by atoms with Crippen molar-refractivity contribution in [2.75, 3.05) is 19.0 Å². The van der Waals surface area contributed by atoms with Gasteiger partial charge < -0.3 is 10.2 Å². The first-order valence-corrected chi connectivity index (χ1v) is 8.17. The summed E-state index contributed by atoms with van der Waals surface area (Å²) in [7, 11) is 0. The van der Waals surface area contributed by atoms with Gasteiger partial charge in [0, 0.05) is 31.4 Å². The first kappa shape index (κ1) is 18.6. The predicted octanol–water partition coefficient (Wildman–Crippen LogP) is 3.06. The number of nitrogens with one attached hydrogen (secondary N) is 1. The van der Waals surface area contributed by atoms with Crippen molar-refractivity contribution in [2.45, 2.75) is 31.5 Å². The van der Waals surface area contributed by atoms with Gasteiger partial charge >= 0.3 is 6.18 Å². The molecule has 0 bridgehead atoms. The van der Waals surface area contributed by atoms with Crippen LogP contribution in [0.4, 0.5) is 13.2 Å². The Morgan fingerprint density at radius 2 is 1.83 bits per heavy atom. The zero-order valence-corrected chi connectivity index (χ0v) is 13.7. The quantitative estimate of drug-likeness (QED) is 0.837. The third-order valence-electron chi connectivity index (χ3n) is 3.97. The van der Waals surface area contributed by atoms with Crippen molar-refractivity contribution in [2.24, 2.45) is 0 Å². The molecular formula is C16H18ClF3N2O2. The Kier molecular flexibility index (Phi) is 6.10. The van der Waals surface area contributed by atoms with Crippen LogP contribution in [0.3, 0.4) is 0 Å². The smallest absolute Gasteiger partial charge is 0.349 e. The van der Waals surface area contributed by atoms with E-state index >= 15 is 0 Å². The number of likely N-dealkylation sites (tertiary alicyclic amines) is 1. The van der Waals surface area contributed by atoms with Gasteiger partial charge in [-0.05, 0) is 25.0 Å². The van der Waals surface area contributed by atoms with Gasteiger partial charge in [-0.25, -0.2) is 0 Å². The van der Waals surface area contributed by atoms with Gasteiger partial charge in [0.15, 0.2) is 0 Å². The van der Waals surface area contributed by atoms with Gasteiger partial charge in [0.25, 0.3) is 5.91 Å². The van der Waals surface area contributed by atoms with Crippen LogP contribution in [0.15, 0.2) is 24.3 Å². The van der Waals surface area contributed by atoms with Crippen LogP contribution in [0.25, 0.3) is 0 Å². The Morgan fingerprint density at radius 3 is 2.42 bits per heavy atom. The van der Waals surface area contributed by atoms with E-state index in [4.69, 9.17) is 11.6 Å². The van der Waals surface area contributed by atoms with Crippen molar-refractivity contribution >= 4 is 23.4 Å². The first-order chi connectivity index (χ1) is 11.3. The van der Waals surface area contributed by atoms with Crippen molar-refractivity contribution in [3.8, 4) is 0 Å². The maximum Gasteiger partial charge on any atom is 0.417 e. The van der Waals surface area contributed by atoms with Crippen LogP contribution < -0.4 is 5.32 Å². The largest absolute Gasteiger partial charge is 0.417 e. The van der Waals surface area contributed by atoms with Gasteiger partial charge in [-0.15, -0.1) is 11.6 Å². The van der Waals surface area contributed by atoms with Gasteiger partial charge in [-0.1, -0.05) is 12.1 Å². The van der Waals surface area contributed by atoms with Crippen molar-refractivity contribution < 1.29 is 22.8 Å². The number of nitrogens with zero attached hydrogens (tertiary/aromatic N) is 1. The normalized spacial score (nSPS) is 16.1. The fraction of sp³-hybridized carbons (Fsp3) is 0.500. The molecule has 1 heterocycles. The second-order valence-electron chi connectivity index (χ2n) is 5.61. The summed E-state index contributed by atoms with van der Waals surface area (Å²) in [6.45, 7) is 0.920. The highest BCUT2D eigenvalue weighted by atomic mass is 35.5. The molecule has 0 radical (unpaired) electrons. The Hall–Kier alpha value is -1.76. The molecule has 132 valence electrons. The highest BCUT2D eigenvalue weighted by molar-refractivity contribution is 6.18. The molecule has 0 atom stereocenters. The number of carbonyl (C=O) groups is 2. The zero-order valence-electron chi connectivity index (χ0n) is 12.9. The highest BCUT2D eigenvalue weighted by Crippen LogP contribution is 2.31. The topological polar surface area (TPSA) is 49.4 Å². The number of rotatable bonds is 4. The molecule has 1 aliphatic rings. The van der Waals surface area contributed by atoms with Crippen LogP contribution in [0.2, 0.25) is 0 Å². The summed E-state index contributed by atoms with van der Waals surface area (Å²) in [4.78, 5) is 25.6. The number of carbonyl (C=O) groups excluding carboxylic acids is 2. The lowest BCUT2D eigenvalue weighted by Gasteiger charge is -2.32. The lowest BCUT2D eigenvalue weighted by Crippen LogP contribution is -2.46. The highest BCUT2D eigenvalue weighted by Gasteiger charge is 2.35. The molecule has 8 heteroatoms. The van der Waals surface area contributed by atoms with Gasteiger partial charge in [0.05, 0.1) is 11.1 Å². The van der Waals surface area contributed by atoms with Gasteiger partial charge in [-0.2, -0.15) is 13.2 Å². The van der Waals surface area contributed by atoms with Crippen LogP contribution in [-0.2, 0) is 11.0 Å². The third-order valence-corrected chi connectivity index (χ3v) is 4.16. The molecule has 1 aromatic carbocycles. The Balaban J connectivity index is 1.97. The number of benzene rings is 1. The summed E-state index contributed by atoms with van der Waals surface area (Å²) in [6.07, 6.45) is -3.30. The third kappa shape index (κ3) is 4.63. The minimum atomic E-state index is -4.58. The maximum absolute atomic E-state index is 13.0. The monoisotopic (exact) mass is 362 g/mol. The lowest BCUT2D eigenvalue weighted by atomic mass is 10.0. The number of amides is 2. The molecule has 0 aliphatic carbocycles. The average Bonchev–Trinajstić information content (AvgIpc) is 2.55. The summed E-state index contributed by atoms with van der Waals surface area (Å²) < 4.78 is 38.9. The Morgan fingerprint density at radius 1 is 1.21 bits per heavy atom. The molecule has 0 unspecified atom stereocenters. The molecule has 1 aliphatic heterocycles. The van der Waals surface area contributed by atoms with E-state index < -0.39 is 17.6 Å². The number of hydrogen-bond acceptors (Lipinski definition) is 2. The molecule has 1 fully saturated rings. The van der Waals surface area contributed by atoms with E-state index in [1.54, 1.807) is 4.90 Å². The molecule has 24 heavy (non-hydrogen) atoms. The number of alkyl halides is 4. The molecule has 0 spiro atoms. The fourth-order valence-electron chi connectivity index (χ4n) is 2.70. The van der Waals surface area contributed by atoms with Gasteiger partial charge in [0.2, 0.25) is 5.91 Å². The molecule has 1 saturated heterocycles. The standard InChI is InChI=1S/C16H18ClF3N2O2/c17-8-5-14(23)22-9-6-11(7-10-22)21-15(24)12-3-1-2-4-13(12)16(18,19)20/h1-4,11H,5-10H2,(H,21,24). The zero-order chi connectivity index (χ0) is 17.7. The number of halogens is 4. The summed E-state index contributed by atoms with van der Waals surface area (Å²) >= 11 is 5.54. The van der Waals surface area contributed by atoms with Gasteiger partial charge in [-0.3, -0.25) is 9.59 Å². The summed E-state index contributed by atoms with van der Waals surface area (Å²) in [5.41, 5.74) is -1.33. The second kappa shape index (κ2) is 7.88. The van der Waals surface area contributed by atoms with Crippen LogP contribution in [-0.4, -0.2) is 41.7 Å². The van der Waals surface area contributed by atoms with E-state index in [2.05, 4.69) is 5.32 Å². The van der Waals surface area contributed by atoms with Crippen molar-refractivity contribution in [1.29, 1.82) is 0 Å². The minimum absolute atomic E-state index is 0.0443. The van der Waals surface area contributed by atoms with E-state index in [-0.39, 0.29) is 29.8 Å². The number of hydrogen-bond donors (Lipinski definition) is 1. The Bertz CT molecular complexity index is 599. The molecule has 0 aromatic heterocycles. The van der Waals surface area contributed by atoms with Crippen LogP contribution in [0, 0.1) is 0 Å². The first-order valence-electron chi connectivity index (χ1n) is 7.63. The molecule has 1 aromatic rings. The summed E-state index contributed by atoms with van der Waals surface area (Å²) in [5.74, 6) is -0.533. The van der Waals surface area contributed by atoms with Crippen LogP contribution in [0.1, 0.15) is 35.2 Å². The van der Waals surface area contributed by atoms with E-state index in [1.807, 2.05) is 0 Å². The molecule has 1 N–H and O–H groups in total. The van der Waals surface area contributed by atoms with Crippen molar-refractivity contribution in [3.63, 3.8) is 0 Å². The van der Waals surface area contributed by atoms with Gasteiger partial charge in [0.1, 0.15) is 0 Å². The van der Waals surface area contributed by atoms with Crippen LogP contribution in [0.5, 0.6) is 0 Å². The SMILES string of the molecule is O=C(NC1CCN(C(=O)CCCl)CC1)c1ccccc1C(F)(F)F. The number of piperidine rings is 1. The van der Waals surface area contributed by atoms with E-state index in [0.29, 0.717) is 25.9 Å². The molecule has 2 rings (SSSR count). The summed E-state index contributed by atoms with van der Waals surface area (Å²) in [6, 6.07) is 4.46. The Labute approximate surface area is 143 Å².